The van der Waals surface area contributed by atoms with E-state index in [4.69, 9.17) is 14.2 Å². The second-order valence-electron chi connectivity index (χ2n) is 4.27. The Morgan fingerprint density at radius 3 is 1.82 bits per heavy atom. The minimum atomic E-state index is -0.708. The average molecular weight is 308 g/mol. The lowest BCUT2D eigenvalue weighted by Gasteiger charge is -2.10. The van der Waals surface area contributed by atoms with Gasteiger partial charge in [-0.1, -0.05) is 6.92 Å². The molecule has 0 amide bonds. The molecule has 0 aromatic carbocycles. The Balaban J connectivity index is 4.62. The normalized spacial score (nSPS) is 11.6. The summed E-state index contributed by atoms with van der Waals surface area (Å²) in [6.07, 6.45) is -0.414. The van der Waals surface area contributed by atoms with Crippen LogP contribution in [0.1, 0.15) is 40.5 Å². The summed E-state index contributed by atoms with van der Waals surface area (Å²) in [4.78, 5) is 32.5. The van der Waals surface area contributed by atoms with Crippen molar-refractivity contribution in [2.24, 2.45) is 0 Å². The second kappa shape index (κ2) is 11.2. The molecule has 0 aliphatic heterocycles. The fraction of sp³-hybridized carbons (Fsp3) is 0.562. The molecule has 0 N–H and O–H groups in total. The van der Waals surface area contributed by atoms with Gasteiger partial charge in [-0.3, -0.25) is 14.4 Å². The molecule has 6 nitrogen and oxygen atoms in total. The largest absolute Gasteiger partial charge is 0.466 e. The zero-order valence-corrected chi connectivity index (χ0v) is 13.2. The van der Waals surface area contributed by atoms with Crippen LogP contribution in [0.25, 0.3) is 0 Å². The van der Waals surface area contributed by atoms with Crippen LogP contribution in [0.4, 0.5) is 0 Å². The Morgan fingerprint density at radius 1 is 0.864 bits per heavy atom. The summed E-state index contributed by atoms with van der Waals surface area (Å²) in [6, 6.07) is 0. The van der Waals surface area contributed by atoms with Crippen molar-refractivity contribution in [2.75, 3.05) is 6.61 Å². The minimum Gasteiger partial charge on any atom is -0.466 e. The summed E-state index contributed by atoms with van der Waals surface area (Å²) < 4.78 is 14.7. The first-order chi connectivity index (χ1) is 10.3. The lowest BCUT2D eigenvalue weighted by atomic mass is 10.2. The molecular weight excluding hydrogens is 288 g/mol. The monoisotopic (exact) mass is 308 g/mol. The zero-order valence-electron chi connectivity index (χ0n) is 13.2. The first-order valence-corrected chi connectivity index (χ1v) is 6.84. The predicted octanol–water partition coefficient (Wildman–Crippen LogP) is 1.22. The van der Waals surface area contributed by atoms with Gasteiger partial charge in [0, 0.05) is 27.2 Å². The van der Waals surface area contributed by atoms with Gasteiger partial charge in [0.1, 0.15) is 0 Å². The molecule has 0 saturated heterocycles. The Morgan fingerprint density at radius 2 is 1.36 bits per heavy atom. The van der Waals surface area contributed by atoms with Crippen molar-refractivity contribution >= 4 is 17.9 Å². The van der Waals surface area contributed by atoms with Gasteiger partial charge in [0.2, 0.25) is 0 Å². The number of hydrogen-bond acceptors (Lipinski definition) is 6. The highest BCUT2D eigenvalue weighted by atomic mass is 16.6. The van der Waals surface area contributed by atoms with E-state index in [0.29, 0.717) is 6.42 Å². The Hall–Kier alpha value is -2.47. The van der Waals surface area contributed by atoms with E-state index in [2.05, 4.69) is 23.7 Å². The molecule has 0 aromatic heterocycles. The number of carbonyl (C=O) groups excluding carboxylic acids is 3. The van der Waals surface area contributed by atoms with Crippen LogP contribution < -0.4 is 0 Å². The van der Waals surface area contributed by atoms with Crippen molar-refractivity contribution in [2.45, 2.75) is 52.7 Å². The topological polar surface area (TPSA) is 78.9 Å². The molecule has 2 unspecified atom stereocenters. The van der Waals surface area contributed by atoms with E-state index in [1.807, 2.05) is 6.92 Å². The number of ether oxygens (including phenoxy) is 3. The maximum atomic E-state index is 11.0. The smallest absolute Gasteiger partial charge is 0.303 e. The quantitative estimate of drug-likeness (QED) is 0.417. The Labute approximate surface area is 130 Å². The first-order valence-electron chi connectivity index (χ1n) is 6.84. The molecule has 22 heavy (non-hydrogen) atoms. The Bertz CT molecular complexity index is 514. The molecule has 0 spiro atoms. The van der Waals surface area contributed by atoms with E-state index in [0.717, 1.165) is 0 Å². The minimum absolute atomic E-state index is 0.0976. The van der Waals surface area contributed by atoms with Crippen molar-refractivity contribution in [3.05, 3.63) is 0 Å². The SMILES string of the molecule is CCC(C#CC#CC(CCOC(C)=O)OC(C)=O)OC(C)=O. The highest BCUT2D eigenvalue weighted by Crippen LogP contribution is 1.99. The van der Waals surface area contributed by atoms with Gasteiger partial charge >= 0.3 is 17.9 Å². The summed E-state index contributed by atoms with van der Waals surface area (Å²) >= 11 is 0. The molecule has 0 saturated carbocycles. The average Bonchev–Trinajstić information content (AvgIpc) is 2.40. The third-order valence-corrected chi connectivity index (χ3v) is 2.20. The Kier molecular flexibility index (Phi) is 9.96. The fourth-order valence-electron chi connectivity index (χ4n) is 1.32. The van der Waals surface area contributed by atoms with Crippen LogP contribution >= 0.6 is 0 Å². The molecule has 120 valence electrons. The summed E-state index contributed by atoms with van der Waals surface area (Å²) in [6.45, 7) is 5.79. The van der Waals surface area contributed by atoms with Crippen LogP contribution in [-0.4, -0.2) is 36.7 Å². The highest BCUT2D eigenvalue weighted by molar-refractivity contribution is 5.67. The van der Waals surface area contributed by atoms with Crippen LogP contribution in [0.5, 0.6) is 0 Å². The number of hydrogen-bond donors (Lipinski definition) is 0. The molecule has 0 aliphatic rings. The third-order valence-electron chi connectivity index (χ3n) is 2.20. The van der Waals surface area contributed by atoms with Crippen molar-refractivity contribution < 1.29 is 28.6 Å². The predicted molar refractivity (Wildman–Crippen MR) is 78.2 cm³/mol. The molecule has 0 bridgehead atoms. The summed E-state index contributed by atoms with van der Waals surface area (Å²) in [5.41, 5.74) is 0. The third kappa shape index (κ3) is 11.4. The van der Waals surface area contributed by atoms with E-state index < -0.39 is 30.1 Å². The number of carbonyl (C=O) groups is 3. The van der Waals surface area contributed by atoms with E-state index in [9.17, 15) is 14.4 Å². The van der Waals surface area contributed by atoms with Gasteiger partial charge in [0.05, 0.1) is 6.61 Å². The van der Waals surface area contributed by atoms with Crippen LogP contribution in [0.2, 0.25) is 0 Å². The molecule has 6 heteroatoms. The van der Waals surface area contributed by atoms with E-state index in [-0.39, 0.29) is 13.0 Å². The van der Waals surface area contributed by atoms with Gasteiger partial charge in [-0.15, -0.1) is 0 Å². The van der Waals surface area contributed by atoms with E-state index >= 15 is 0 Å². The first kappa shape index (κ1) is 19.5. The molecule has 0 rings (SSSR count). The fourth-order valence-corrected chi connectivity index (χ4v) is 1.32. The highest BCUT2D eigenvalue weighted by Gasteiger charge is 2.09. The van der Waals surface area contributed by atoms with Crippen LogP contribution in [0.3, 0.4) is 0 Å². The number of esters is 3. The molecule has 0 heterocycles. The molecule has 2 atom stereocenters. The zero-order chi connectivity index (χ0) is 17.0. The lowest BCUT2D eigenvalue weighted by molar-refractivity contribution is -0.146. The molecule has 0 fully saturated rings. The standard InChI is InChI=1S/C16H20O6/c1-5-15(21-13(3)18)8-6-7-9-16(22-14(4)19)10-11-20-12(2)17/h15-16H,5,10-11H2,1-4H3. The summed E-state index contributed by atoms with van der Waals surface area (Å²) in [5.74, 6) is 9.15. The number of rotatable bonds is 6. The van der Waals surface area contributed by atoms with E-state index in [1.54, 1.807) is 0 Å². The van der Waals surface area contributed by atoms with Gasteiger partial charge in [0.15, 0.2) is 12.2 Å². The second-order valence-corrected chi connectivity index (χ2v) is 4.27. The van der Waals surface area contributed by atoms with E-state index in [1.165, 1.54) is 20.8 Å². The van der Waals surface area contributed by atoms with Crippen molar-refractivity contribution in [3.8, 4) is 23.7 Å². The van der Waals surface area contributed by atoms with Crippen LogP contribution in [-0.2, 0) is 28.6 Å². The van der Waals surface area contributed by atoms with Crippen LogP contribution in [0, 0.1) is 23.7 Å². The van der Waals surface area contributed by atoms with Gasteiger partial charge in [-0.05, 0) is 30.1 Å². The molecular formula is C16H20O6. The summed E-state index contributed by atoms with van der Waals surface area (Å²) in [5, 5.41) is 0. The van der Waals surface area contributed by atoms with Crippen molar-refractivity contribution in [3.63, 3.8) is 0 Å². The molecule has 0 aliphatic carbocycles. The van der Waals surface area contributed by atoms with Gasteiger partial charge in [-0.2, -0.15) is 0 Å². The molecule has 0 radical (unpaired) electrons. The van der Waals surface area contributed by atoms with Gasteiger partial charge in [-0.25, -0.2) is 0 Å². The molecule has 0 aromatic rings. The summed E-state index contributed by atoms with van der Waals surface area (Å²) in [7, 11) is 0. The maximum Gasteiger partial charge on any atom is 0.303 e. The van der Waals surface area contributed by atoms with Crippen molar-refractivity contribution in [1.29, 1.82) is 0 Å². The van der Waals surface area contributed by atoms with Gasteiger partial charge < -0.3 is 14.2 Å². The van der Waals surface area contributed by atoms with Gasteiger partial charge in [0.25, 0.3) is 0 Å². The van der Waals surface area contributed by atoms with Crippen LogP contribution in [0.15, 0.2) is 0 Å². The lowest BCUT2D eigenvalue weighted by Crippen LogP contribution is -2.17. The van der Waals surface area contributed by atoms with Crippen molar-refractivity contribution in [1.82, 2.24) is 0 Å². The maximum absolute atomic E-state index is 11.0.